The molecular weight excluding hydrogens is 588 g/mol. The molecule has 0 aromatic heterocycles. The van der Waals surface area contributed by atoms with Gasteiger partial charge in [-0.15, -0.1) is 0 Å². The van der Waals surface area contributed by atoms with Crippen LogP contribution in [-0.2, 0) is 46.3 Å². The van der Waals surface area contributed by atoms with Crippen LogP contribution in [0.4, 0.5) is 4.79 Å². The van der Waals surface area contributed by atoms with Crippen LogP contribution < -0.4 is 5.32 Å². The first-order chi connectivity index (χ1) is 19.7. The van der Waals surface area contributed by atoms with Gasteiger partial charge in [0.05, 0.1) is 32.2 Å². The number of carbonyl (C=O) groups excluding carboxylic acids is 4. The van der Waals surface area contributed by atoms with E-state index in [1.165, 1.54) is 6.08 Å². The van der Waals surface area contributed by atoms with Gasteiger partial charge in [-0.2, -0.15) is 0 Å². The van der Waals surface area contributed by atoms with Crippen LogP contribution in [0, 0.1) is 0 Å². The number of ether oxygens (including phenoxy) is 3. The van der Waals surface area contributed by atoms with Crippen molar-refractivity contribution in [1.29, 1.82) is 0 Å². The maximum absolute atomic E-state index is 11.4. The molecule has 16 heteroatoms. The number of rotatable bonds is 19. The third-order valence-corrected chi connectivity index (χ3v) is 10.2. The molecule has 0 saturated carbocycles. The van der Waals surface area contributed by atoms with E-state index in [0.717, 1.165) is 0 Å². The molecule has 0 bridgehead atoms. The minimum atomic E-state index is -2.32. The number of aliphatic hydroxyl groups is 1. The molecule has 0 heterocycles. The van der Waals surface area contributed by atoms with Crippen LogP contribution in [0.1, 0.15) is 39.5 Å². The lowest BCUT2D eigenvalue weighted by Gasteiger charge is -2.22. The Hall–Kier alpha value is -2.70. The summed E-state index contributed by atoms with van der Waals surface area (Å²) in [6, 6.07) is 0. The quantitative estimate of drug-likeness (QED) is 0.0403. The number of hydrogen-bond donors (Lipinski definition) is 2. The normalized spacial score (nSPS) is 10.4. The summed E-state index contributed by atoms with van der Waals surface area (Å²) in [5, 5.41) is 11.0. The van der Waals surface area contributed by atoms with Gasteiger partial charge in [0.2, 0.25) is 6.08 Å². The lowest BCUT2D eigenvalue weighted by molar-refractivity contribution is -0.140. The lowest BCUT2D eigenvalue weighted by atomic mass is 10.3. The molecule has 0 fully saturated rings. The van der Waals surface area contributed by atoms with Crippen molar-refractivity contribution in [1.82, 2.24) is 5.32 Å². The van der Waals surface area contributed by atoms with Crippen LogP contribution >= 0.6 is 0 Å². The minimum absolute atomic E-state index is 0.143. The number of amides is 1. The summed E-state index contributed by atoms with van der Waals surface area (Å²) in [6.07, 6.45) is 4.16. The van der Waals surface area contributed by atoms with Crippen molar-refractivity contribution < 1.29 is 56.2 Å². The summed E-state index contributed by atoms with van der Waals surface area (Å²) in [7, 11) is 1.74. The Morgan fingerprint density at radius 1 is 0.762 bits per heavy atom. The number of carbonyl (C=O) groups is 3. The van der Waals surface area contributed by atoms with Crippen molar-refractivity contribution in [3.05, 3.63) is 24.3 Å². The summed E-state index contributed by atoms with van der Waals surface area (Å²) in [6.45, 7) is 14.8. The molecule has 244 valence electrons. The van der Waals surface area contributed by atoms with E-state index in [1.54, 1.807) is 42.3 Å². The number of nitrogens with one attached hydrogen (secondary N) is 1. The highest BCUT2D eigenvalue weighted by Gasteiger charge is 2.29. The van der Waals surface area contributed by atoms with Crippen LogP contribution in [-0.4, -0.2) is 114 Å². The van der Waals surface area contributed by atoms with Crippen LogP contribution in [0.25, 0.3) is 0 Å². The Morgan fingerprint density at radius 3 is 1.52 bits per heavy atom. The Morgan fingerprint density at radius 2 is 1.17 bits per heavy atom. The van der Waals surface area contributed by atoms with Gasteiger partial charge < -0.3 is 42.3 Å². The number of unbranched alkanes of at least 4 members (excludes halogenated alkanes) is 2. The molecule has 0 spiro atoms. The molecule has 0 saturated heterocycles. The van der Waals surface area contributed by atoms with Crippen molar-refractivity contribution in [3.8, 4) is 0 Å². The molecule has 0 aliphatic heterocycles. The maximum Gasteiger partial charge on any atom is 0.407 e. The Balaban J connectivity index is -0.000000607. The number of aliphatic hydroxyl groups excluding tert-OH is 1. The number of esters is 2. The standard InChI is InChI=1S/C13H25NO6Si.C8H14O3.C5H11NO3Si/c1-11(2)12(15)19-8-6-7-9-20-13(16)14-10-21(5,17-3)18-4;1-7(2)8(10)11-6-4-3-5-9;1-8-10(3,9-2)5-6-4-7/h1,6-10H2,2-5H3,(H,14,16);9H,1,3-6H2,2H3;5H2,1-3H3. The van der Waals surface area contributed by atoms with Gasteiger partial charge in [-0.25, -0.2) is 24.2 Å². The predicted molar refractivity (Wildman–Crippen MR) is 161 cm³/mol. The van der Waals surface area contributed by atoms with Crippen LogP contribution in [0.5, 0.6) is 0 Å². The second kappa shape index (κ2) is 27.2. The molecule has 0 atom stereocenters. The zero-order valence-corrected chi connectivity index (χ0v) is 28.4. The first kappa shape index (κ1) is 43.8. The van der Waals surface area contributed by atoms with E-state index >= 15 is 0 Å². The van der Waals surface area contributed by atoms with Crippen molar-refractivity contribution in [2.45, 2.75) is 52.6 Å². The number of nitrogens with zero attached hydrogens (tertiary/aromatic N) is 1. The van der Waals surface area contributed by atoms with Gasteiger partial charge in [-0.3, -0.25) is 0 Å². The first-order valence-corrected chi connectivity index (χ1v) is 18.2. The molecule has 0 radical (unpaired) electrons. The molecule has 0 aromatic carbocycles. The van der Waals surface area contributed by atoms with Crippen LogP contribution in [0.15, 0.2) is 29.3 Å². The van der Waals surface area contributed by atoms with Crippen molar-refractivity contribution >= 4 is 41.2 Å². The van der Waals surface area contributed by atoms with E-state index in [-0.39, 0.29) is 25.8 Å². The number of hydrogen-bond acceptors (Lipinski definition) is 13. The predicted octanol–water partition coefficient (Wildman–Crippen LogP) is 2.62. The molecule has 2 N–H and O–H groups in total. The monoisotopic (exact) mass is 638 g/mol. The summed E-state index contributed by atoms with van der Waals surface area (Å²) in [4.78, 5) is 46.3. The zero-order chi connectivity index (χ0) is 33.0. The fourth-order valence-electron chi connectivity index (χ4n) is 2.06. The highest BCUT2D eigenvalue weighted by Crippen LogP contribution is 2.03. The molecule has 14 nitrogen and oxygen atoms in total. The van der Waals surface area contributed by atoms with Gasteiger partial charge in [0.25, 0.3) is 0 Å². The van der Waals surface area contributed by atoms with E-state index in [0.29, 0.717) is 55.8 Å². The Bertz CT molecular complexity index is 843. The van der Waals surface area contributed by atoms with Gasteiger partial charge >= 0.3 is 35.2 Å². The number of isocyanates is 1. The molecule has 0 aliphatic rings. The number of alkyl carbamates (subject to hydrolysis) is 1. The highest BCUT2D eigenvalue weighted by molar-refractivity contribution is 6.66. The molecule has 42 heavy (non-hydrogen) atoms. The SMILES string of the molecule is C=C(C)C(=O)OCCCCO.C=C(C)C(=O)OCCCCOC(=O)NC[Si](C)(OC)OC.CO[Si](C)(CN=C=O)OC. The van der Waals surface area contributed by atoms with E-state index in [2.05, 4.69) is 23.5 Å². The average Bonchev–Trinajstić information content (AvgIpc) is 2.98. The number of aliphatic imine (C=N–C) groups is 1. The largest absolute Gasteiger partial charge is 0.462 e. The van der Waals surface area contributed by atoms with Crippen molar-refractivity contribution in [3.63, 3.8) is 0 Å². The van der Waals surface area contributed by atoms with Gasteiger partial charge in [-0.05, 0) is 52.6 Å². The second-order valence-electron chi connectivity index (χ2n) is 8.95. The molecule has 0 unspecified atom stereocenters. The lowest BCUT2D eigenvalue weighted by Crippen LogP contribution is -2.48. The van der Waals surface area contributed by atoms with E-state index in [1.807, 2.05) is 13.1 Å². The summed E-state index contributed by atoms with van der Waals surface area (Å²) >= 11 is 0. The molecule has 0 aromatic rings. The van der Waals surface area contributed by atoms with Crippen molar-refractivity contribution in [2.24, 2.45) is 4.99 Å². The third kappa shape index (κ3) is 26.2. The van der Waals surface area contributed by atoms with Gasteiger partial charge in [0, 0.05) is 46.2 Å². The van der Waals surface area contributed by atoms with Crippen LogP contribution in [0.3, 0.4) is 0 Å². The van der Waals surface area contributed by atoms with Crippen molar-refractivity contribution in [2.75, 3.05) is 67.2 Å². The van der Waals surface area contributed by atoms with Gasteiger partial charge in [-0.1, -0.05) is 13.2 Å². The Kier molecular flexibility index (Phi) is 28.3. The second-order valence-corrected chi connectivity index (χ2v) is 15.8. The summed E-state index contributed by atoms with van der Waals surface area (Å²) in [5.74, 6) is -0.764. The average molecular weight is 639 g/mol. The summed E-state index contributed by atoms with van der Waals surface area (Å²) < 4.78 is 35.2. The molecular formula is C26H50N2O12Si2. The van der Waals surface area contributed by atoms with Gasteiger partial charge in [0.1, 0.15) is 0 Å². The van der Waals surface area contributed by atoms with Crippen LogP contribution in [0.2, 0.25) is 13.1 Å². The molecule has 1 amide bonds. The molecule has 0 aliphatic carbocycles. The van der Waals surface area contributed by atoms with E-state index < -0.39 is 29.2 Å². The minimum Gasteiger partial charge on any atom is -0.462 e. The fourth-order valence-corrected chi connectivity index (χ4v) is 3.76. The smallest absolute Gasteiger partial charge is 0.407 e. The molecule has 0 rings (SSSR count). The third-order valence-electron chi connectivity index (χ3n) is 5.20. The maximum atomic E-state index is 11.4. The highest BCUT2D eigenvalue weighted by atomic mass is 28.4. The zero-order valence-electron chi connectivity index (χ0n) is 26.4. The summed E-state index contributed by atoms with van der Waals surface area (Å²) in [5.41, 5.74) is 0.781. The Labute approximate surface area is 251 Å². The van der Waals surface area contributed by atoms with E-state index in [9.17, 15) is 19.2 Å². The van der Waals surface area contributed by atoms with Gasteiger partial charge in [0.15, 0.2) is 0 Å². The first-order valence-electron chi connectivity index (χ1n) is 13.1. The topological polar surface area (TPSA) is 178 Å². The fraction of sp³-hybridized carbons (Fsp3) is 0.692. The van der Waals surface area contributed by atoms with E-state index in [4.69, 9.17) is 37.0 Å².